The van der Waals surface area contributed by atoms with Crippen molar-refractivity contribution in [2.45, 2.75) is 44.7 Å². The molecule has 2 aliphatic heterocycles. The number of nitrogens with zero attached hydrogens (tertiary/aromatic N) is 2. The molecule has 2 heterocycles. The molecule has 2 atom stereocenters. The summed E-state index contributed by atoms with van der Waals surface area (Å²) >= 11 is 0. The van der Waals surface area contributed by atoms with Crippen molar-refractivity contribution in [3.63, 3.8) is 0 Å². The van der Waals surface area contributed by atoms with E-state index in [9.17, 15) is 9.59 Å². The van der Waals surface area contributed by atoms with Crippen molar-refractivity contribution < 1.29 is 19.1 Å². The molecule has 0 radical (unpaired) electrons. The van der Waals surface area contributed by atoms with Crippen LogP contribution < -0.4 is 14.4 Å². The van der Waals surface area contributed by atoms with E-state index in [2.05, 4.69) is 11.8 Å². The molecule has 0 aromatic heterocycles. The Morgan fingerprint density at radius 1 is 1.04 bits per heavy atom. The number of methoxy groups -OCH3 is 2. The van der Waals surface area contributed by atoms with Gasteiger partial charge in [0.05, 0.1) is 32.4 Å². The first-order valence-electron chi connectivity index (χ1n) is 8.40. The van der Waals surface area contributed by atoms with Crippen LogP contribution in [0.1, 0.15) is 32.6 Å². The quantitative estimate of drug-likeness (QED) is 0.791. The van der Waals surface area contributed by atoms with Gasteiger partial charge in [0.2, 0.25) is 5.91 Å². The molecule has 0 aliphatic carbocycles. The summed E-state index contributed by atoms with van der Waals surface area (Å²) in [6, 6.07) is 5.09. The molecular weight excluding hydrogens is 308 g/mol. The summed E-state index contributed by atoms with van der Waals surface area (Å²) < 4.78 is 10.5. The molecule has 0 spiro atoms. The molecule has 0 bridgehead atoms. The van der Waals surface area contributed by atoms with E-state index in [4.69, 9.17) is 9.47 Å². The largest absolute Gasteiger partial charge is 0.497 e. The van der Waals surface area contributed by atoms with Crippen LogP contribution in [0.5, 0.6) is 11.5 Å². The van der Waals surface area contributed by atoms with Gasteiger partial charge in [0, 0.05) is 24.2 Å². The first-order valence-corrected chi connectivity index (χ1v) is 8.40. The van der Waals surface area contributed by atoms with Gasteiger partial charge in [-0.05, 0) is 26.3 Å². The summed E-state index contributed by atoms with van der Waals surface area (Å²) in [5, 5.41) is 0. The number of rotatable bonds is 4. The number of hydrogen-bond donors (Lipinski definition) is 0. The Balaban J connectivity index is 1.89. The van der Waals surface area contributed by atoms with Gasteiger partial charge in [0.15, 0.2) is 0 Å². The molecule has 2 fully saturated rings. The van der Waals surface area contributed by atoms with Crippen LogP contribution in [-0.2, 0) is 9.59 Å². The van der Waals surface area contributed by atoms with Crippen LogP contribution in [0.2, 0.25) is 0 Å². The fourth-order valence-corrected chi connectivity index (χ4v) is 3.65. The van der Waals surface area contributed by atoms with Crippen LogP contribution in [0.4, 0.5) is 5.69 Å². The van der Waals surface area contributed by atoms with E-state index in [1.165, 1.54) is 11.3 Å². The number of ether oxygens (including phenoxy) is 2. The maximum Gasteiger partial charge on any atom is 0.251 e. The van der Waals surface area contributed by atoms with Crippen LogP contribution >= 0.6 is 0 Å². The molecule has 0 N–H and O–H groups in total. The average molecular weight is 332 g/mol. The van der Waals surface area contributed by atoms with Gasteiger partial charge in [-0.1, -0.05) is 6.42 Å². The third kappa shape index (κ3) is 2.98. The number of carbonyl (C=O) groups excluding carboxylic acids is 2. The zero-order valence-electron chi connectivity index (χ0n) is 14.4. The third-order valence-corrected chi connectivity index (χ3v) is 4.97. The minimum Gasteiger partial charge on any atom is -0.497 e. The fourth-order valence-electron chi connectivity index (χ4n) is 3.65. The lowest BCUT2D eigenvalue weighted by molar-refractivity contribution is -0.123. The molecule has 6 nitrogen and oxygen atoms in total. The molecule has 1 aromatic rings. The first-order chi connectivity index (χ1) is 11.5. The van der Waals surface area contributed by atoms with Crippen molar-refractivity contribution in [3.8, 4) is 11.5 Å². The van der Waals surface area contributed by atoms with Gasteiger partial charge < -0.3 is 9.47 Å². The fraction of sp³-hybridized carbons (Fsp3) is 0.556. The molecule has 1 aromatic carbocycles. The van der Waals surface area contributed by atoms with Gasteiger partial charge >= 0.3 is 0 Å². The zero-order chi connectivity index (χ0) is 17.3. The van der Waals surface area contributed by atoms with E-state index in [-0.39, 0.29) is 24.3 Å². The van der Waals surface area contributed by atoms with E-state index >= 15 is 0 Å². The average Bonchev–Trinajstić information content (AvgIpc) is 2.89. The van der Waals surface area contributed by atoms with Crippen LogP contribution in [0.25, 0.3) is 0 Å². The maximum atomic E-state index is 12.9. The standard InChI is InChI=1S/C18H24N2O4/c1-12-6-4-5-7-19(12)16-11-17(21)20(18(16)22)13-8-14(23-2)10-15(9-13)24-3/h8-10,12,16H,4-7,11H2,1-3H3/t12-,16+/m0/s1. The van der Waals surface area contributed by atoms with Gasteiger partial charge in [-0.25, -0.2) is 4.90 Å². The van der Waals surface area contributed by atoms with Crippen LogP contribution in [0.3, 0.4) is 0 Å². The van der Waals surface area contributed by atoms with Crippen molar-refractivity contribution in [1.29, 1.82) is 0 Å². The van der Waals surface area contributed by atoms with Gasteiger partial charge in [0.25, 0.3) is 5.91 Å². The van der Waals surface area contributed by atoms with E-state index in [0.717, 1.165) is 19.4 Å². The van der Waals surface area contributed by atoms with Gasteiger partial charge in [-0.15, -0.1) is 0 Å². The minimum atomic E-state index is -0.356. The number of imide groups is 1. The van der Waals surface area contributed by atoms with Crippen LogP contribution in [0, 0.1) is 0 Å². The number of likely N-dealkylation sites (tertiary alicyclic amines) is 1. The Kier molecular flexibility index (Phi) is 4.76. The van der Waals surface area contributed by atoms with E-state index < -0.39 is 0 Å². The summed E-state index contributed by atoms with van der Waals surface area (Å²) in [6.45, 7) is 3.01. The second kappa shape index (κ2) is 6.81. The second-order valence-corrected chi connectivity index (χ2v) is 6.44. The molecule has 130 valence electrons. The summed E-state index contributed by atoms with van der Waals surface area (Å²) in [7, 11) is 3.09. The van der Waals surface area contributed by atoms with Gasteiger partial charge in [0.1, 0.15) is 11.5 Å². The molecular formula is C18H24N2O4. The summed E-state index contributed by atoms with van der Waals surface area (Å²) in [4.78, 5) is 28.9. The highest BCUT2D eigenvalue weighted by Crippen LogP contribution is 2.34. The molecule has 2 aliphatic rings. The first kappa shape index (κ1) is 16.8. The third-order valence-electron chi connectivity index (χ3n) is 4.97. The van der Waals surface area contributed by atoms with Crippen LogP contribution in [0.15, 0.2) is 18.2 Å². The summed E-state index contributed by atoms with van der Waals surface area (Å²) in [5.74, 6) is 0.793. The van der Waals surface area contributed by atoms with Crippen molar-refractivity contribution >= 4 is 17.5 Å². The monoisotopic (exact) mass is 332 g/mol. The number of carbonyl (C=O) groups is 2. The number of piperidine rings is 1. The Hall–Kier alpha value is -2.08. The molecule has 2 saturated heterocycles. The Bertz CT molecular complexity index is 624. The lowest BCUT2D eigenvalue weighted by atomic mass is 10.0. The minimum absolute atomic E-state index is 0.149. The number of hydrogen-bond acceptors (Lipinski definition) is 5. The Morgan fingerprint density at radius 2 is 1.71 bits per heavy atom. The summed E-state index contributed by atoms with van der Waals surface area (Å²) in [6.07, 6.45) is 3.58. The van der Waals surface area contributed by atoms with Gasteiger partial charge in [-0.2, -0.15) is 0 Å². The predicted octanol–water partition coefficient (Wildman–Crippen LogP) is 2.21. The molecule has 3 rings (SSSR count). The second-order valence-electron chi connectivity index (χ2n) is 6.44. The highest BCUT2D eigenvalue weighted by Gasteiger charge is 2.44. The van der Waals surface area contributed by atoms with Crippen molar-refractivity contribution in [2.75, 3.05) is 25.7 Å². The molecule has 24 heavy (non-hydrogen) atoms. The Morgan fingerprint density at radius 3 is 2.29 bits per heavy atom. The van der Waals surface area contributed by atoms with E-state index in [1.54, 1.807) is 32.4 Å². The SMILES string of the molecule is COc1cc(OC)cc(N2C(=O)C[C@@H](N3CCCC[C@@H]3C)C2=O)c1. The molecule has 0 saturated carbocycles. The van der Waals surface area contributed by atoms with Gasteiger partial charge in [-0.3, -0.25) is 14.5 Å². The highest BCUT2D eigenvalue weighted by molar-refractivity contribution is 6.22. The van der Waals surface area contributed by atoms with Crippen LogP contribution in [-0.4, -0.2) is 49.6 Å². The topological polar surface area (TPSA) is 59.1 Å². The van der Waals surface area contributed by atoms with E-state index in [1.807, 2.05) is 0 Å². The number of amides is 2. The lowest BCUT2D eigenvalue weighted by Gasteiger charge is -2.36. The number of benzene rings is 1. The molecule has 0 unspecified atom stereocenters. The Labute approximate surface area is 142 Å². The number of anilines is 1. The normalized spacial score (nSPS) is 25.2. The van der Waals surface area contributed by atoms with Crippen molar-refractivity contribution in [2.24, 2.45) is 0 Å². The molecule has 6 heteroatoms. The highest BCUT2D eigenvalue weighted by atomic mass is 16.5. The van der Waals surface area contributed by atoms with Crippen molar-refractivity contribution in [3.05, 3.63) is 18.2 Å². The smallest absolute Gasteiger partial charge is 0.251 e. The zero-order valence-corrected chi connectivity index (χ0v) is 14.4. The molecule has 2 amide bonds. The summed E-state index contributed by atoms with van der Waals surface area (Å²) in [5.41, 5.74) is 0.508. The van der Waals surface area contributed by atoms with E-state index in [0.29, 0.717) is 23.2 Å². The predicted molar refractivity (Wildman–Crippen MR) is 90.5 cm³/mol. The van der Waals surface area contributed by atoms with Crippen molar-refractivity contribution in [1.82, 2.24) is 4.90 Å². The maximum absolute atomic E-state index is 12.9. The lowest BCUT2D eigenvalue weighted by Crippen LogP contribution is -2.48.